The van der Waals surface area contributed by atoms with Crippen LogP contribution in [0.4, 0.5) is 0 Å². The number of carbonyl (C=O) groups is 1. The lowest BCUT2D eigenvalue weighted by Crippen LogP contribution is -2.36. The van der Waals surface area contributed by atoms with Gasteiger partial charge in [-0.05, 0) is 36.2 Å². The van der Waals surface area contributed by atoms with Crippen LogP contribution in [0, 0.1) is 6.92 Å². The van der Waals surface area contributed by atoms with Gasteiger partial charge in [-0.2, -0.15) is 0 Å². The van der Waals surface area contributed by atoms with Crippen LogP contribution in [0.25, 0.3) is 10.9 Å². The number of hydrogen-bond donors (Lipinski definition) is 1. The number of aromatic nitrogens is 1. The van der Waals surface area contributed by atoms with E-state index < -0.39 is 0 Å². The van der Waals surface area contributed by atoms with Crippen LogP contribution in [0.5, 0.6) is 11.5 Å². The van der Waals surface area contributed by atoms with Crippen molar-refractivity contribution in [1.82, 2.24) is 9.88 Å². The van der Waals surface area contributed by atoms with Gasteiger partial charge in [0.15, 0.2) is 11.5 Å². The Morgan fingerprint density at radius 3 is 2.70 bits per heavy atom. The molecule has 2 aromatic carbocycles. The van der Waals surface area contributed by atoms with E-state index in [1.165, 1.54) is 22.2 Å². The summed E-state index contributed by atoms with van der Waals surface area (Å²) in [4.78, 5) is 18.4. The molecule has 0 atom stereocenters. The lowest BCUT2D eigenvalue weighted by Gasteiger charge is -2.27. The maximum absolute atomic E-state index is 12.9. The molecule has 1 amide bonds. The lowest BCUT2D eigenvalue weighted by molar-refractivity contribution is -0.131. The first-order chi connectivity index (χ1) is 13.1. The van der Waals surface area contributed by atoms with E-state index in [0.717, 1.165) is 24.0 Å². The normalized spacial score (nSPS) is 13.5. The first kappa shape index (κ1) is 17.5. The summed E-state index contributed by atoms with van der Waals surface area (Å²) in [5, 5.41) is 1.22. The molecule has 3 aromatic rings. The van der Waals surface area contributed by atoms with Crippen LogP contribution < -0.4 is 9.47 Å². The Morgan fingerprint density at radius 1 is 1.11 bits per heavy atom. The molecular formula is C22H24N2O3. The summed E-state index contributed by atoms with van der Waals surface area (Å²) in [5.74, 6) is 1.45. The van der Waals surface area contributed by atoms with Crippen molar-refractivity contribution in [2.24, 2.45) is 0 Å². The van der Waals surface area contributed by atoms with E-state index in [-0.39, 0.29) is 5.91 Å². The molecule has 1 N–H and O–H groups in total. The Kier molecular flexibility index (Phi) is 4.52. The predicted octanol–water partition coefficient (Wildman–Crippen LogP) is 3.62. The molecule has 1 aliphatic heterocycles. The number of amides is 1. The Balaban J connectivity index is 1.53. The van der Waals surface area contributed by atoms with Crippen LogP contribution in [0.2, 0.25) is 0 Å². The van der Waals surface area contributed by atoms with Crippen LogP contribution in [-0.4, -0.2) is 36.6 Å². The fourth-order valence-electron chi connectivity index (χ4n) is 3.83. The first-order valence-electron chi connectivity index (χ1n) is 9.18. The number of ether oxygens (including phenoxy) is 2. The van der Waals surface area contributed by atoms with Gasteiger partial charge in [0.25, 0.3) is 0 Å². The van der Waals surface area contributed by atoms with Gasteiger partial charge in [0, 0.05) is 41.7 Å². The second-order valence-electron chi connectivity index (χ2n) is 7.06. The zero-order chi connectivity index (χ0) is 19.0. The molecule has 5 nitrogen and oxygen atoms in total. The number of hydrogen-bond acceptors (Lipinski definition) is 3. The summed E-state index contributed by atoms with van der Waals surface area (Å²) in [6.45, 7) is 3.49. The highest BCUT2D eigenvalue weighted by Gasteiger charge is 2.24. The molecule has 140 valence electrons. The maximum atomic E-state index is 12.9. The second kappa shape index (κ2) is 6.99. The van der Waals surface area contributed by atoms with E-state index in [1.54, 1.807) is 14.2 Å². The van der Waals surface area contributed by atoms with Crippen LogP contribution >= 0.6 is 0 Å². The largest absolute Gasteiger partial charge is 0.493 e. The number of nitrogens with one attached hydrogen (secondary N) is 1. The Bertz CT molecular complexity index is 1010. The smallest absolute Gasteiger partial charge is 0.227 e. The van der Waals surface area contributed by atoms with Crippen molar-refractivity contribution >= 4 is 16.8 Å². The van der Waals surface area contributed by atoms with Gasteiger partial charge in [0.05, 0.1) is 20.6 Å². The highest BCUT2D eigenvalue weighted by molar-refractivity contribution is 5.87. The van der Waals surface area contributed by atoms with E-state index in [0.29, 0.717) is 24.5 Å². The fourth-order valence-corrected chi connectivity index (χ4v) is 3.83. The monoisotopic (exact) mass is 364 g/mol. The molecule has 5 heteroatoms. The first-order valence-corrected chi connectivity index (χ1v) is 9.18. The van der Waals surface area contributed by atoms with E-state index >= 15 is 0 Å². The van der Waals surface area contributed by atoms with E-state index in [1.807, 2.05) is 23.1 Å². The number of benzene rings is 2. The average Bonchev–Trinajstić information content (AvgIpc) is 3.04. The number of rotatable bonds is 4. The van der Waals surface area contributed by atoms with E-state index in [2.05, 4.69) is 30.1 Å². The van der Waals surface area contributed by atoms with Crippen molar-refractivity contribution in [3.63, 3.8) is 0 Å². The quantitative estimate of drug-likeness (QED) is 0.769. The molecule has 0 radical (unpaired) electrons. The van der Waals surface area contributed by atoms with Crippen LogP contribution in [0.3, 0.4) is 0 Å². The van der Waals surface area contributed by atoms with Crippen LogP contribution in [-0.2, 0) is 24.2 Å². The van der Waals surface area contributed by atoms with Gasteiger partial charge < -0.3 is 19.4 Å². The molecule has 0 saturated carbocycles. The lowest BCUT2D eigenvalue weighted by atomic mass is 10.0. The van der Waals surface area contributed by atoms with Gasteiger partial charge in [0.2, 0.25) is 5.91 Å². The summed E-state index contributed by atoms with van der Waals surface area (Å²) < 4.78 is 10.6. The number of methoxy groups -OCH3 is 2. The van der Waals surface area contributed by atoms with Gasteiger partial charge in [0.1, 0.15) is 0 Å². The third kappa shape index (κ3) is 3.25. The van der Waals surface area contributed by atoms with Crippen molar-refractivity contribution in [2.45, 2.75) is 26.3 Å². The average molecular weight is 364 g/mol. The summed E-state index contributed by atoms with van der Waals surface area (Å²) in [5.41, 5.74) is 5.83. The number of nitrogens with zero attached hydrogens (tertiary/aromatic N) is 1. The second-order valence-corrected chi connectivity index (χ2v) is 7.06. The SMILES string of the molecule is COc1ccc(CC(=O)N2CCc3[nH]c4cc(C)ccc4c3C2)cc1OC. The Hall–Kier alpha value is -2.95. The molecule has 0 unspecified atom stereocenters. The zero-order valence-corrected chi connectivity index (χ0v) is 16.0. The molecule has 2 heterocycles. The summed E-state index contributed by atoms with van der Waals surface area (Å²) in [7, 11) is 3.21. The van der Waals surface area contributed by atoms with Crippen molar-refractivity contribution in [3.8, 4) is 11.5 Å². The summed E-state index contributed by atoms with van der Waals surface area (Å²) in [6.07, 6.45) is 1.22. The molecule has 27 heavy (non-hydrogen) atoms. The number of aromatic amines is 1. The van der Waals surface area contributed by atoms with Gasteiger partial charge in [-0.1, -0.05) is 18.2 Å². The number of H-pyrrole nitrogens is 1. The Labute approximate surface area is 158 Å². The van der Waals surface area contributed by atoms with Gasteiger partial charge in [-0.25, -0.2) is 0 Å². The van der Waals surface area contributed by atoms with Crippen molar-refractivity contribution in [2.75, 3.05) is 20.8 Å². The van der Waals surface area contributed by atoms with E-state index in [4.69, 9.17) is 9.47 Å². The molecule has 0 bridgehead atoms. The molecule has 0 spiro atoms. The number of aryl methyl sites for hydroxylation is 1. The van der Waals surface area contributed by atoms with Gasteiger partial charge in [-0.15, -0.1) is 0 Å². The molecule has 1 aliphatic rings. The van der Waals surface area contributed by atoms with Crippen molar-refractivity contribution < 1.29 is 14.3 Å². The standard InChI is InChI=1S/C22H24N2O3/c1-14-4-6-16-17-13-24(9-8-18(17)23-19(16)10-14)22(25)12-15-5-7-20(26-2)21(11-15)27-3/h4-7,10-11,23H,8-9,12-13H2,1-3H3. The highest BCUT2D eigenvalue weighted by Crippen LogP contribution is 2.30. The van der Waals surface area contributed by atoms with Crippen LogP contribution in [0.1, 0.15) is 22.4 Å². The molecule has 0 fully saturated rings. The number of carbonyl (C=O) groups excluding carboxylic acids is 1. The third-order valence-electron chi connectivity index (χ3n) is 5.29. The Morgan fingerprint density at radius 2 is 1.93 bits per heavy atom. The minimum absolute atomic E-state index is 0.134. The van der Waals surface area contributed by atoms with Crippen molar-refractivity contribution in [1.29, 1.82) is 0 Å². The topological polar surface area (TPSA) is 54.6 Å². The third-order valence-corrected chi connectivity index (χ3v) is 5.29. The van der Waals surface area contributed by atoms with Crippen molar-refractivity contribution in [3.05, 3.63) is 58.8 Å². The minimum Gasteiger partial charge on any atom is -0.493 e. The summed E-state index contributed by atoms with van der Waals surface area (Å²) in [6, 6.07) is 12.1. The van der Waals surface area contributed by atoms with Crippen LogP contribution in [0.15, 0.2) is 36.4 Å². The maximum Gasteiger partial charge on any atom is 0.227 e. The van der Waals surface area contributed by atoms with Gasteiger partial charge in [-0.3, -0.25) is 4.79 Å². The number of fused-ring (bicyclic) bond motifs is 3. The molecule has 4 rings (SSSR count). The summed E-state index contributed by atoms with van der Waals surface area (Å²) >= 11 is 0. The minimum atomic E-state index is 0.134. The fraction of sp³-hybridized carbons (Fsp3) is 0.318. The molecule has 0 saturated heterocycles. The molecule has 0 aliphatic carbocycles. The zero-order valence-electron chi connectivity index (χ0n) is 16.0. The van der Waals surface area contributed by atoms with Gasteiger partial charge >= 0.3 is 0 Å². The molecule has 1 aromatic heterocycles. The van der Waals surface area contributed by atoms with E-state index in [9.17, 15) is 4.79 Å². The predicted molar refractivity (Wildman–Crippen MR) is 105 cm³/mol. The molecular weight excluding hydrogens is 340 g/mol. The highest BCUT2D eigenvalue weighted by atomic mass is 16.5.